The van der Waals surface area contributed by atoms with Gasteiger partial charge in [-0.25, -0.2) is 9.79 Å². The number of rotatable bonds is 8. The van der Waals surface area contributed by atoms with E-state index in [1.165, 1.54) is 23.9 Å². The van der Waals surface area contributed by atoms with Crippen molar-refractivity contribution in [1.29, 1.82) is 0 Å². The maximum Gasteiger partial charge on any atom is 0.335 e. The summed E-state index contributed by atoms with van der Waals surface area (Å²) in [6.45, 7) is 0.607. The number of nitrogens with zero attached hydrogens (tertiary/aromatic N) is 2. The molecule has 10 heteroatoms. The van der Waals surface area contributed by atoms with E-state index in [9.17, 15) is 14.7 Å². The first-order chi connectivity index (χ1) is 19.8. The number of amidine groups is 1. The number of carboxylic acid groups (broad SMARTS) is 1. The van der Waals surface area contributed by atoms with Gasteiger partial charge >= 0.3 is 5.97 Å². The summed E-state index contributed by atoms with van der Waals surface area (Å²) in [5.74, 6) is -0.689. The van der Waals surface area contributed by atoms with Crippen LogP contribution in [0.25, 0.3) is 6.08 Å². The van der Waals surface area contributed by atoms with Gasteiger partial charge in [0.15, 0.2) is 10.9 Å². The Morgan fingerprint density at radius 2 is 1.71 bits per heavy atom. The molecule has 1 amide bonds. The summed E-state index contributed by atoms with van der Waals surface area (Å²) in [5.41, 5.74) is 3.44. The van der Waals surface area contributed by atoms with Crippen LogP contribution in [-0.4, -0.2) is 27.1 Å². The van der Waals surface area contributed by atoms with E-state index in [0.29, 0.717) is 31.9 Å². The van der Waals surface area contributed by atoms with Gasteiger partial charge in [-0.3, -0.25) is 9.69 Å². The molecule has 206 valence electrons. The van der Waals surface area contributed by atoms with Gasteiger partial charge in [0.1, 0.15) is 6.61 Å². The third-order valence-corrected chi connectivity index (χ3v) is 8.62. The number of thioether (sulfide) groups is 1. The van der Waals surface area contributed by atoms with Crippen molar-refractivity contribution in [1.82, 2.24) is 4.90 Å². The Balaban J connectivity index is 1.40. The largest absolute Gasteiger partial charge is 0.486 e. The Bertz CT molecular complexity index is 1640. The lowest BCUT2D eigenvalue weighted by atomic mass is 10.1. The van der Waals surface area contributed by atoms with Crippen molar-refractivity contribution < 1.29 is 19.4 Å². The second-order valence-corrected chi connectivity index (χ2v) is 12.5. The molecule has 5 rings (SSSR count). The fraction of sp³-hybridized carbons (Fsp3) is 0.0645. The van der Waals surface area contributed by atoms with Crippen molar-refractivity contribution in [3.8, 4) is 5.75 Å². The summed E-state index contributed by atoms with van der Waals surface area (Å²) in [6, 6.07) is 27.5. The number of benzene rings is 4. The van der Waals surface area contributed by atoms with Crippen LogP contribution in [0.4, 0.5) is 5.69 Å². The molecule has 6 nitrogen and oxygen atoms in total. The first-order valence-electron chi connectivity index (χ1n) is 12.3. The molecule has 1 aliphatic rings. The SMILES string of the molecule is O=C(O)c1ccc(CN2C(=O)/C(=C/c3cc(Cl)c(OCc4ccc(I)cc4)c(Br)c3)SC2=Nc2ccccc2)cc1. The highest BCUT2D eigenvalue weighted by atomic mass is 127. The molecule has 0 unspecified atom stereocenters. The average molecular weight is 760 g/mol. The second kappa shape index (κ2) is 13.2. The molecule has 1 fully saturated rings. The number of hydrogen-bond donors (Lipinski definition) is 1. The van der Waals surface area contributed by atoms with E-state index in [4.69, 9.17) is 21.3 Å². The molecule has 1 N–H and O–H groups in total. The number of amides is 1. The highest BCUT2D eigenvalue weighted by Gasteiger charge is 2.33. The molecule has 0 aromatic heterocycles. The minimum absolute atomic E-state index is 0.183. The molecule has 0 atom stereocenters. The first-order valence-corrected chi connectivity index (χ1v) is 15.4. The lowest BCUT2D eigenvalue weighted by Gasteiger charge is -2.16. The zero-order valence-electron chi connectivity index (χ0n) is 21.3. The highest BCUT2D eigenvalue weighted by Crippen LogP contribution is 2.39. The van der Waals surface area contributed by atoms with Crippen LogP contribution in [-0.2, 0) is 17.9 Å². The Labute approximate surface area is 268 Å². The quantitative estimate of drug-likeness (QED) is 0.144. The van der Waals surface area contributed by atoms with E-state index in [1.54, 1.807) is 29.2 Å². The van der Waals surface area contributed by atoms with E-state index in [2.05, 4.69) is 38.5 Å². The third-order valence-electron chi connectivity index (χ3n) is 6.03. The minimum Gasteiger partial charge on any atom is -0.486 e. The van der Waals surface area contributed by atoms with Gasteiger partial charge in [0, 0.05) is 3.57 Å². The van der Waals surface area contributed by atoms with E-state index >= 15 is 0 Å². The number of ether oxygens (including phenoxy) is 1. The van der Waals surface area contributed by atoms with Crippen molar-refractivity contribution in [2.45, 2.75) is 13.2 Å². The second-order valence-electron chi connectivity index (χ2n) is 8.96. The zero-order chi connectivity index (χ0) is 28.9. The smallest absolute Gasteiger partial charge is 0.335 e. The Hall–Kier alpha value is -3.12. The van der Waals surface area contributed by atoms with E-state index in [-0.39, 0.29) is 18.0 Å². The Morgan fingerprint density at radius 3 is 2.37 bits per heavy atom. The van der Waals surface area contributed by atoms with Crippen LogP contribution in [0.3, 0.4) is 0 Å². The van der Waals surface area contributed by atoms with Crippen LogP contribution in [0.2, 0.25) is 5.02 Å². The number of halogens is 3. The van der Waals surface area contributed by atoms with Crippen molar-refractivity contribution in [3.05, 3.63) is 131 Å². The summed E-state index contributed by atoms with van der Waals surface area (Å²) in [6.07, 6.45) is 1.78. The molecule has 0 radical (unpaired) electrons. The van der Waals surface area contributed by atoms with Gasteiger partial charge in [0.25, 0.3) is 5.91 Å². The monoisotopic (exact) mass is 758 g/mol. The van der Waals surface area contributed by atoms with Crippen LogP contribution in [0.5, 0.6) is 5.75 Å². The van der Waals surface area contributed by atoms with Crippen LogP contribution < -0.4 is 4.74 Å². The molecule has 4 aromatic carbocycles. The number of carbonyl (C=O) groups excluding carboxylic acids is 1. The number of carbonyl (C=O) groups is 2. The molecule has 1 saturated heterocycles. The van der Waals surface area contributed by atoms with E-state index in [0.717, 1.165) is 25.9 Å². The summed E-state index contributed by atoms with van der Waals surface area (Å²) in [5, 5.41) is 10.2. The zero-order valence-corrected chi connectivity index (χ0v) is 26.6. The number of aliphatic imine (C=N–C) groups is 1. The summed E-state index contributed by atoms with van der Waals surface area (Å²) < 4.78 is 7.81. The molecular formula is C31H21BrClIN2O4S. The topological polar surface area (TPSA) is 79.2 Å². The average Bonchev–Trinajstić information content (AvgIpc) is 3.23. The number of carboxylic acids is 1. The number of para-hydroxylation sites is 1. The lowest BCUT2D eigenvalue weighted by Crippen LogP contribution is -2.28. The van der Waals surface area contributed by atoms with Gasteiger partial charge in [0.05, 0.1) is 32.2 Å². The van der Waals surface area contributed by atoms with E-state index < -0.39 is 5.97 Å². The van der Waals surface area contributed by atoms with E-state index in [1.807, 2.05) is 60.7 Å². The molecule has 0 aliphatic carbocycles. The first kappa shape index (κ1) is 29.4. The van der Waals surface area contributed by atoms with Crippen molar-refractivity contribution in [2.75, 3.05) is 0 Å². The Kier molecular flexibility index (Phi) is 9.49. The predicted octanol–water partition coefficient (Wildman–Crippen LogP) is 8.79. The Morgan fingerprint density at radius 1 is 1.02 bits per heavy atom. The fourth-order valence-corrected chi connectivity index (χ4v) is 6.31. The summed E-state index contributed by atoms with van der Waals surface area (Å²) in [7, 11) is 0. The molecule has 0 spiro atoms. The van der Waals surface area contributed by atoms with Crippen molar-refractivity contribution >= 4 is 90.7 Å². The van der Waals surface area contributed by atoms with Gasteiger partial charge in [0.2, 0.25) is 0 Å². The summed E-state index contributed by atoms with van der Waals surface area (Å²) >= 11 is 13.7. The maximum atomic E-state index is 13.6. The van der Waals surface area contributed by atoms with Crippen LogP contribution in [0.1, 0.15) is 27.0 Å². The van der Waals surface area contributed by atoms with Crippen LogP contribution >= 0.6 is 61.9 Å². The molecule has 0 bridgehead atoms. The van der Waals surface area contributed by atoms with Crippen LogP contribution in [0.15, 0.2) is 105 Å². The van der Waals surface area contributed by atoms with Gasteiger partial charge in [-0.05, 0) is 122 Å². The molecule has 41 heavy (non-hydrogen) atoms. The number of aromatic carboxylic acids is 1. The van der Waals surface area contributed by atoms with Crippen LogP contribution in [0, 0.1) is 3.57 Å². The number of hydrogen-bond acceptors (Lipinski definition) is 5. The lowest BCUT2D eigenvalue weighted by molar-refractivity contribution is -0.122. The van der Waals surface area contributed by atoms with Gasteiger partial charge in [-0.1, -0.05) is 54.1 Å². The van der Waals surface area contributed by atoms with Crippen molar-refractivity contribution in [2.24, 2.45) is 4.99 Å². The fourth-order valence-electron chi connectivity index (χ4n) is 3.97. The molecule has 1 heterocycles. The third kappa shape index (κ3) is 7.40. The molecule has 1 aliphatic heterocycles. The predicted molar refractivity (Wildman–Crippen MR) is 176 cm³/mol. The molecule has 4 aromatic rings. The molecule has 0 saturated carbocycles. The van der Waals surface area contributed by atoms with Gasteiger partial charge in [-0.15, -0.1) is 0 Å². The standard InChI is InChI=1S/C31H21BrClIN2O4S/c32-25-14-21(15-26(33)28(25)40-18-20-8-12-23(34)13-9-20)16-27-29(37)36(17-19-6-10-22(11-7-19)30(38)39)31(41-27)35-24-4-2-1-3-5-24/h1-16H,17-18H2,(H,38,39)/b27-16-,35-31?. The highest BCUT2D eigenvalue weighted by molar-refractivity contribution is 14.1. The summed E-state index contributed by atoms with van der Waals surface area (Å²) in [4.78, 5) is 31.6. The minimum atomic E-state index is -1.00. The van der Waals surface area contributed by atoms with Gasteiger partial charge in [-0.2, -0.15) is 0 Å². The maximum absolute atomic E-state index is 13.6. The van der Waals surface area contributed by atoms with Gasteiger partial charge < -0.3 is 9.84 Å². The van der Waals surface area contributed by atoms with Crippen molar-refractivity contribution in [3.63, 3.8) is 0 Å². The normalized spacial score (nSPS) is 15.1. The molecular weight excluding hydrogens is 739 g/mol.